The molecule has 0 spiro atoms. The molecule has 2 aromatic rings. The SMILES string of the molecule is COC[C@@H]1CN(C/C=C/CN2CCN(C(=O)c3cc(C(F)(F)F)cc(C(F)(F)F)c3)C(Cc3ccc(C)c(O)c3)C2)CCO1.Cl.Cl. The minimum absolute atomic E-state index is 0. The summed E-state index contributed by atoms with van der Waals surface area (Å²) in [5.41, 5.74) is -2.41. The van der Waals surface area contributed by atoms with E-state index in [2.05, 4.69) is 9.80 Å². The van der Waals surface area contributed by atoms with Crippen LogP contribution in [0.15, 0.2) is 48.6 Å². The van der Waals surface area contributed by atoms with Gasteiger partial charge < -0.3 is 19.5 Å². The third-order valence-electron chi connectivity index (χ3n) is 7.88. The van der Waals surface area contributed by atoms with Crippen LogP contribution in [0, 0.1) is 6.92 Å². The van der Waals surface area contributed by atoms with Gasteiger partial charge in [0, 0.05) is 64.5 Å². The molecule has 0 bridgehead atoms. The molecule has 2 saturated heterocycles. The van der Waals surface area contributed by atoms with Gasteiger partial charge in [0.2, 0.25) is 0 Å². The molecule has 7 nitrogen and oxygen atoms in total. The Bertz CT molecular complexity index is 1290. The summed E-state index contributed by atoms with van der Waals surface area (Å²) in [7, 11) is 1.63. The highest BCUT2D eigenvalue weighted by atomic mass is 35.5. The molecule has 0 aliphatic carbocycles. The Morgan fingerprint density at radius 2 is 1.54 bits per heavy atom. The van der Waals surface area contributed by atoms with Crippen LogP contribution in [0.3, 0.4) is 0 Å². The third kappa shape index (κ3) is 10.7. The number of hydrogen-bond acceptors (Lipinski definition) is 6. The highest BCUT2D eigenvalue weighted by molar-refractivity contribution is 5.95. The molecule has 2 fully saturated rings. The Kier molecular flexibility index (Phi) is 14.7. The number of rotatable bonds is 9. The molecule has 46 heavy (non-hydrogen) atoms. The molecule has 2 atom stereocenters. The van der Waals surface area contributed by atoms with Gasteiger partial charge in [-0.3, -0.25) is 14.6 Å². The average Bonchev–Trinajstić information content (AvgIpc) is 2.96. The van der Waals surface area contributed by atoms with E-state index >= 15 is 0 Å². The lowest BCUT2D eigenvalue weighted by molar-refractivity contribution is -0.143. The number of benzene rings is 2. The molecular formula is C31H39Cl2F6N3O4. The van der Waals surface area contributed by atoms with Gasteiger partial charge in [0.05, 0.1) is 30.4 Å². The van der Waals surface area contributed by atoms with E-state index in [0.29, 0.717) is 62.7 Å². The van der Waals surface area contributed by atoms with Gasteiger partial charge in [-0.05, 0) is 48.7 Å². The Balaban J connectivity index is 0.00000368. The van der Waals surface area contributed by atoms with Gasteiger partial charge in [0.15, 0.2) is 0 Å². The number of aromatic hydroxyl groups is 1. The number of phenolic OH excluding ortho intramolecular Hbond substituents is 1. The summed E-state index contributed by atoms with van der Waals surface area (Å²) >= 11 is 0. The van der Waals surface area contributed by atoms with Crippen molar-refractivity contribution < 1.29 is 45.7 Å². The quantitative estimate of drug-likeness (QED) is 0.261. The lowest BCUT2D eigenvalue weighted by Crippen LogP contribution is -2.56. The largest absolute Gasteiger partial charge is 0.508 e. The summed E-state index contributed by atoms with van der Waals surface area (Å²) in [6, 6.07) is 5.45. The van der Waals surface area contributed by atoms with E-state index in [-0.39, 0.29) is 55.7 Å². The van der Waals surface area contributed by atoms with Crippen molar-refractivity contribution in [1.29, 1.82) is 0 Å². The molecular weight excluding hydrogens is 663 g/mol. The maximum Gasteiger partial charge on any atom is 0.416 e. The fourth-order valence-electron chi connectivity index (χ4n) is 5.51. The summed E-state index contributed by atoms with van der Waals surface area (Å²) in [4.78, 5) is 19.3. The molecule has 2 aromatic carbocycles. The zero-order valence-electron chi connectivity index (χ0n) is 25.4. The molecule has 1 N–H and O–H groups in total. The summed E-state index contributed by atoms with van der Waals surface area (Å²) in [5.74, 6) is -0.851. The molecule has 2 aliphatic rings. The molecule has 4 rings (SSSR count). The van der Waals surface area contributed by atoms with Gasteiger partial charge >= 0.3 is 12.4 Å². The van der Waals surface area contributed by atoms with E-state index in [0.717, 1.165) is 13.1 Å². The Hall–Kier alpha value is -2.55. The Labute approximate surface area is 276 Å². The number of carbonyl (C=O) groups is 1. The summed E-state index contributed by atoms with van der Waals surface area (Å²) in [5, 5.41) is 10.2. The van der Waals surface area contributed by atoms with Gasteiger partial charge in [0.1, 0.15) is 5.75 Å². The van der Waals surface area contributed by atoms with Gasteiger partial charge in [-0.2, -0.15) is 26.3 Å². The monoisotopic (exact) mass is 701 g/mol. The second-order valence-electron chi connectivity index (χ2n) is 11.2. The van der Waals surface area contributed by atoms with Crippen LogP contribution in [-0.2, 0) is 28.2 Å². The first-order chi connectivity index (χ1) is 20.7. The third-order valence-corrected chi connectivity index (χ3v) is 7.88. The predicted molar refractivity (Wildman–Crippen MR) is 166 cm³/mol. The first kappa shape index (κ1) is 39.6. The Morgan fingerprint density at radius 3 is 2.11 bits per heavy atom. The van der Waals surface area contributed by atoms with Crippen LogP contribution in [0.2, 0.25) is 0 Å². The van der Waals surface area contributed by atoms with Crippen molar-refractivity contribution in [3.63, 3.8) is 0 Å². The van der Waals surface area contributed by atoms with Crippen molar-refractivity contribution in [2.45, 2.75) is 37.8 Å². The fourth-order valence-corrected chi connectivity index (χ4v) is 5.51. The fraction of sp³-hybridized carbons (Fsp3) is 0.516. The number of ether oxygens (including phenoxy) is 2. The second-order valence-corrected chi connectivity index (χ2v) is 11.2. The lowest BCUT2D eigenvalue weighted by Gasteiger charge is -2.41. The molecule has 0 radical (unpaired) electrons. The van der Waals surface area contributed by atoms with Crippen LogP contribution in [0.25, 0.3) is 0 Å². The van der Waals surface area contributed by atoms with Crippen LogP contribution in [0.5, 0.6) is 5.75 Å². The first-order valence-corrected chi connectivity index (χ1v) is 14.3. The molecule has 0 saturated carbocycles. The lowest BCUT2D eigenvalue weighted by atomic mass is 9.98. The molecule has 2 aliphatic heterocycles. The van der Waals surface area contributed by atoms with Crippen molar-refractivity contribution in [2.75, 3.05) is 66.1 Å². The van der Waals surface area contributed by atoms with Crippen molar-refractivity contribution in [3.8, 4) is 5.75 Å². The normalized spacial score (nSPS) is 20.0. The molecule has 2 heterocycles. The average molecular weight is 703 g/mol. The topological polar surface area (TPSA) is 65.5 Å². The van der Waals surface area contributed by atoms with E-state index in [1.807, 2.05) is 12.2 Å². The molecule has 0 aromatic heterocycles. The number of methoxy groups -OCH3 is 1. The van der Waals surface area contributed by atoms with Crippen LogP contribution >= 0.6 is 24.8 Å². The number of hydrogen-bond donors (Lipinski definition) is 1. The second kappa shape index (κ2) is 17.0. The van der Waals surface area contributed by atoms with E-state index in [1.165, 1.54) is 4.90 Å². The molecule has 15 heteroatoms. The maximum atomic E-state index is 13.6. The minimum Gasteiger partial charge on any atom is -0.508 e. The van der Waals surface area contributed by atoms with E-state index in [1.54, 1.807) is 32.2 Å². The zero-order chi connectivity index (χ0) is 32.1. The maximum absolute atomic E-state index is 13.6. The summed E-state index contributed by atoms with van der Waals surface area (Å²) < 4.78 is 91.9. The highest BCUT2D eigenvalue weighted by Gasteiger charge is 2.39. The minimum atomic E-state index is -5.06. The smallest absolute Gasteiger partial charge is 0.416 e. The van der Waals surface area contributed by atoms with Crippen molar-refractivity contribution >= 4 is 30.7 Å². The molecule has 258 valence electrons. The predicted octanol–water partition coefficient (Wildman–Crippen LogP) is 5.85. The number of nitrogens with zero attached hydrogens (tertiary/aromatic N) is 3. The van der Waals surface area contributed by atoms with Crippen molar-refractivity contribution in [3.05, 3.63) is 76.4 Å². The number of aryl methyl sites for hydroxylation is 1. The van der Waals surface area contributed by atoms with Crippen LogP contribution < -0.4 is 0 Å². The van der Waals surface area contributed by atoms with E-state index in [9.17, 15) is 36.2 Å². The first-order valence-electron chi connectivity index (χ1n) is 14.3. The van der Waals surface area contributed by atoms with Gasteiger partial charge in [0.25, 0.3) is 5.91 Å². The number of amides is 1. The number of piperazine rings is 1. The van der Waals surface area contributed by atoms with Crippen LogP contribution in [-0.4, -0.2) is 104 Å². The van der Waals surface area contributed by atoms with Crippen molar-refractivity contribution in [2.24, 2.45) is 0 Å². The number of halogens is 8. The van der Waals surface area contributed by atoms with Crippen molar-refractivity contribution in [1.82, 2.24) is 14.7 Å². The number of morpholine rings is 1. The van der Waals surface area contributed by atoms with E-state index in [4.69, 9.17) is 9.47 Å². The van der Waals surface area contributed by atoms with Crippen LogP contribution in [0.1, 0.15) is 32.6 Å². The Morgan fingerprint density at radius 1 is 0.935 bits per heavy atom. The molecule has 1 unspecified atom stereocenters. The highest BCUT2D eigenvalue weighted by Crippen LogP contribution is 2.37. The van der Waals surface area contributed by atoms with E-state index < -0.39 is 41.0 Å². The molecule has 1 amide bonds. The number of alkyl halides is 6. The standard InChI is InChI=1S/C31H37F6N3O4.2ClH/c1-21-5-6-22(14-28(21)41)13-26-18-38(7-3-4-8-39-11-12-44-27(19-39)20-43-2)9-10-40(26)29(42)23-15-24(30(32,33)34)17-25(16-23)31(35,36)37;;/h3-6,14-17,26-27,41H,7-13,18-20H2,1-2H3;2*1H/b4-3+;;/t26?,27-;;/m0../s1. The van der Waals surface area contributed by atoms with Gasteiger partial charge in [-0.15, -0.1) is 24.8 Å². The number of phenols is 1. The van der Waals surface area contributed by atoms with Gasteiger partial charge in [-0.25, -0.2) is 0 Å². The summed E-state index contributed by atoms with van der Waals surface area (Å²) in [6.07, 6.45) is -5.81. The van der Waals surface area contributed by atoms with Crippen LogP contribution in [0.4, 0.5) is 26.3 Å². The number of carbonyl (C=O) groups excluding carboxylic acids is 1. The zero-order valence-corrected chi connectivity index (χ0v) is 27.1. The summed E-state index contributed by atoms with van der Waals surface area (Å²) in [6.45, 7) is 6.48. The van der Waals surface area contributed by atoms with Gasteiger partial charge in [-0.1, -0.05) is 24.3 Å².